The number of imide groups is 1. The first-order valence-electron chi connectivity index (χ1n) is 9.51. The lowest BCUT2D eigenvalue weighted by atomic mass is 9.94. The first-order chi connectivity index (χ1) is 12.0. The third-order valence-corrected chi connectivity index (χ3v) is 5.22. The van der Waals surface area contributed by atoms with Crippen molar-refractivity contribution >= 4 is 17.8 Å². The quantitative estimate of drug-likeness (QED) is 0.503. The number of rotatable bonds is 9. The van der Waals surface area contributed by atoms with E-state index in [9.17, 15) is 14.4 Å². The first kappa shape index (κ1) is 19.7. The van der Waals surface area contributed by atoms with Gasteiger partial charge in [0.2, 0.25) is 11.8 Å². The molecule has 7 nitrogen and oxygen atoms in total. The molecule has 25 heavy (non-hydrogen) atoms. The SMILES string of the molecule is CN1CC(=O)N(CCCC(=O)NCCCN(C)C2CCCCC2)C1=O. The van der Waals surface area contributed by atoms with Gasteiger partial charge in [-0.15, -0.1) is 0 Å². The molecule has 2 fully saturated rings. The van der Waals surface area contributed by atoms with Crippen LogP contribution in [0.15, 0.2) is 0 Å². The van der Waals surface area contributed by atoms with Crippen LogP contribution in [0.2, 0.25) is 0 Å². The lowest BCUT2D eigenvalue weighted by Gasteiger charge is -2.31. The number of amides is 4. The third-order valence-electron chi connectivity index (χ3n) is 5.22. The van der Waals surface area contributed by atoms with Crippen LogP contribution in [0, 0.1) is 0 Å². The normalized spacial score (nSPS) is 19.2. The second-order valence-electron chi connectivity index (χ2n) is 7.26. The summed E-state index contributed by atoms with van der Waals surface area (Å²) in [6.07, 6.45) is 8.45. The fraction of sp³-hybridized carbons (Fsp3) is 0.833. The Balaban J connectivity index is 1.52. The Hall–Kier alpha value is -1.63. The van der Waals surface area contributed by atoms with E-state index in [2.05, 4.69) is 17.3 Å². The van der Waals surface area contributed by atoms with Crippen LogP contribution in [0.3, 0.4) is 0 Å². The van der Waals surface area contributed by atoms with E-state index in [0.29, 0.717) is 32.0 Å². The van der Waals surface area contributed by atoms with Crippen molar-refractivity contribution in [2.24, 2.45) is 0 Å². The Morgan fingerprint density at radius 2 is 1.92 bits per heavy atom. The summed E-state index contributed by atoms with van der Waals surface area (Å²) in [5, 5.41) is 2.93. The highest BCUT2D eigenvalue weighted by Crippen LogP contribution is 2.21. The van der Waals surface area contributed by atoms with Crippen molar-refractivity contribution < 1.29 is 14.4 Å². The minimum atomic E-state index is -0.267. The molecule has 1 aliphatic heterocycles. The summed E-state index contributed by atoms with van der Waals surface area (Å²) >= 11 is 0. The van der Waals surface area contributed by atoms with Gasteiger partial charge >= 0.3 is 6.03 Å². The third kappa shape index (κ3) is 5.99. The number of hydrogen-bond donors (Lipinski definition) is 1. The van der Waals surface area contributed by atoms with Gasteiger partial charge in [0.1, 0.15) is 6.54 Å². The molecular formula is C18H32N4O3. The fourth-order valence-electron chi connectivity index (χ4n) is 3.64. The average molecular weight is 352 g/mol. The van der Waals surface area contributed by atoms with Crippen molar-refractivity contribution in [2.45, 2.75) is 57.4 Å². The van der Waals surface area contributed by atoms with Gasteiger partial charge in [0.15, 0.2) is 0 Å². The maximum Gasteiger partial charge on any atom is 0.326 e. The van der Waals surface area contributed by atoms with E-state index in [1.165, 1.54) is 41.9 Å². The second-order valence-corrected chi connectivity index (χ2v) is 7.26. The van der Waals surface area contributed by atoms with Gasteiger partial charge in [-0.05, 0) is 39.3 Å². The lowest BCUT2D eigenvalue weighted by molar-refractivity contribution is -0.126. The minimum Gasteiger partial charge on any atom is -0.356 e. The topological polar surface area (TPSA) is 73.0 Å². The largest absolute Gasteiger partial charge is 0.356 e. The summed E-state index contributed by atoms with van der Waals surface area (Å²) in [5.74, 6) is -0.188. The van der Waals surface area contributed by atoms with Crippen LogP contribution < -0.4 is 5.32 Å². The van der Waals surface area contributed by atoms with Crippen molar-refractivity contribution in [1.29, 1.82) is 0 Å². The molecule has 1 saturated heterocycles. The predicted molar refractivity (Wildman–Crippen MR) is 96.1 cm³/mol. The zero-order valence-electron chi connectivity index (χ0n) is 15.6. The monoisotopic (exact) mass is 352 g/mol. The van der Waals surface area contributed by atoms with Crippen LogP contribution in [0.25, 0.3) is 0 Å². The van der Waals surface area contributed by atoms with Crippen molar-refractivity contribution in [3.63, 3.8) is 0 Å². The molecule has 1 heterocycles. The standard InChI is InChI=1S/C18H32N4O3/c1-20(15-8-4-3-5-9-15)12-7-11-19-16(23)10-6-13-22-17(24)14-21(2)18(22)25/h15H,3-14H2,1-2H3,(H,19,23). The van der Waals surface area contributed by atoms with E-state index >= 15 is 0 Å². The van der Waals surface area contributed by atoms with Gasteiger partial charge in [-0.2, -0.15) is 0 Å². The van der Waals surface area contributed by atoms with Crippen molar-refractivity contribution in [3.05, 3.63) is 0 Å². The average Bonchev–Trinajstić information content (AvgIpc) is 2.85. The van der Waals surface area contributed by atoms with E-state index in [4.69, 9.17) is 0 Å². The Labute approximate surface area is 150 Å². The van der Waals surface area contributed by atoms with Crippen LogP contribution in [0.5, 0.6) is 0 Å². The van der Waals surface area contributed by atoms with E-state index in [1.807, 2.05) is 0 Å². The minimum absolute atomic E-state index is 0.00670. The second kappa shape index (κ2) is 9.75. The molecule has 0 aromatic heterocycles. The van der Waals surface area contributed by atoms with E-state index in [1.54, 1.807) is 7.05 Å². The number of urea groups is 1. The number of hydrogen-bond acceptors (Lipinski definition) is 4. The number of nitrogens with one attached hydrogen (secondary N) is 1. The maximum atomic E-state index is 11.9. The molecule has 2 aliphatic rings. The highest BCUT2D eigenvalue weighted by atomic mass is 16.2. The van der Waals surface area contributed by atoms with Gasteiger partial charge in [-0.25, -0.2) is 4.79 Å². The van der Waals surface area contributed by atoms with Crippen molar-refractivity contribution in [2.75, 3.05) is 40.3 Å². The zero-order chi connectivity index (χ0) is 18.2. The summed E-state index contributed by atoms with van der Waals surface area (Å²) in [6, 6.07) is 0.439. The van der Waals surface area contributed by atoms with Crippen molar-refractivity contribution in [1.82, 2.24) is 20.0 Å². The van der Waals surface area contributed by atoms with E-state index < -0.39 is 0 Å². The molecule has 0 radical (unpaired) electrons. The Bertz CT molecular complexity index is 477. The van der Waals surface area contributed by atoms with Crippen LogP contribution in [0.4, 0.5) is 4.79 Å². The molecule has 1 N–H and O–H groups in total. The van der Waals surface area contributed by atoms with E-state index in [0.717, 1.165) is 13.0 Å². The van der Waals surface area contributed by atoms with Crippen LogP contribution in [-0.4, -0.2) is 78.9 Å². The van der Waals surface area contributed by atoms with Crippen LogP contribution in [0.1, 0.15) is 51.4 Å². The smallest absolute Gasteiger partial charge is 0.326 e. The van der Waals surface area contributed by atoms with Crippen LogP contribution in [-0.2, 0) is 9.59 Å². The Morgan fingerprint density at radius 1 is 1.20 bits per heavy atom. The molecule has 0 unspecified atom stereocenters. The van der Waals surface area contributed by atoms with Gasteiger partial charge in [0, 0.05) is 32.6 Å². The molecule has 142 valence electrons. The number of carbonyl (C=O) groups excluding carboxylic acids is 3. The molecule has 1 aliphatic carbocycles. The lowest BCUT2D eigenvalue weighted by Crippen LogP contribution is -2.36. The molecule has 0 aromatic carbocycles. The molecule has 0 bridgehead atoms. The molecule has 2 rings (SSSR count). The van der Waals surface area contributed by atoms with Crippen LogP contribution >= 0.6 is 0 Å². The first-order valence-corrected chi connectivity index (χ1v) is 9.51. The number of carbonyl (C=O) groups is 3. The fourth-order valence-corrected chi connectivity index (χ4v) is 3.64. The zero-order valence-corrected chi connectivity index (χ0v) is 15.6. The number of nitrogens with zero attached hydrogens (tertiary/aromatic N) is 3. The number of likely N-dealkylation sites (N-methyl/N-ethyl adjacent to an activating group) is 1. The van der Waals surface area contributed by atoms with Gasteiger partial charge in [0.25, 0.3) is 0 Å². The highest BCUT2D eigenvalue weighted by molar-refractivity contribution is 6.01. The molecule has 7 heteroatoms. The molecular weight excluding hydrogens is 320 g/mol. The summed E-state index contributed by atoms with van der Waals surface area (Å²) in [4.78, 5) is 40.3. The molecule has 0 atom stereocenters. The summed E-state index contributed by atoms with van der Waals surface area (Å²) in [7, 11) is 3.79. The van der Waals surface area contributed by atoms with Gasteiger partial charge in [0.05, 0.1) is 0 Å². The van der Waals surface area contributed by atoms with Gasteiger partial charge in [-0.3, -0.25) is 14.5 Å². The van der Waals surface area contributed by atoms with Gasteiger partial charge < -0.3 is 15.1 Å². The summed E-state index contributed by atoms with van der Waals surface area (Å²) in [6.45, 7) is 2.15. The molecule has 1 saturated carbocycles. The summed E-state index contributed by atoms with van der Waals surface area (Å²) < 4.78 is 0. The van der Waals surface area contributed by atoms with Gasteiger partial charge in [-0.1, -0.05) is 19.3 Å². The highest BCUT2D eigenvalue weighted by Gasteiger charge is 2.32. The molecule has 4 amide bonds. The summed E-state index contributed by atoms with van der Waals surface area (Å²) in [5.41, 5.74) is 0. The van der Waals surface area contributed by atoms with Crippen molar-refractivity contribution in [3.8, 4) is 0 Å². The molecule has 0 spiro atoms. The van der Waals surface area contributed by atoms with E-state index in [-0.39, 0.29) is 24.4 Å². The Kier molecular flexibility index (Phi) is 7.68. The Morgan fingerprint density at radius 3 is 2.56 bits per heavy atom. The molecule has 0 aromatic rings. The maximum absolute atomic E-state index is 11.9. The predicted octanol–water partition coefficient (Wildman–Crippen LogP) is 1.43.